The van der Waals surface area contributed by atoms with E-state index in [2.05, 4.69) is 35.3 Å². The number of benzene rings is 1. The van der Waals surface area contributed by atoms with Gasteiger partial charge in [0.05, 0.1) is 32.0 Å². The summed E-state index contributed by atoms with van der Waals surface area (Å²) in [7, 11) is 0. The molecule has 0 unspecified atom stereocenters. The second-order valence-corrected chi connectivity index (χ2v) is 11.1. The fraction of sp³-hybridized carbons (Fsp3) is 0.320. The van der Waals surface area contributed by atoms with Gasteiger partial charge in [-0.2, -0.15) is 0 Å². The Morgan fingerprint density at radius 3 is 2.58 bits per heavy atom. The molecule has 4 nitrogen and oxygen atoms in total. The van der Waals surface area contributed by atoms with E-state index in [4.69, 9.17) is 16.6 Å². The molecule has 4 rings (SSSR count). The SMILES string of the molecule is Cc1nc(C)c(-c2csc(Cc3ccc(CN(CC(C)C)c4ccc(Cl)cc4F)cn3)n2)s1. The minimum absolute atomic E-state index is 0.307. The Kier molecular flexibility index (Phi) is 7.41. The Hall–Kier alpha value is -2.35. The predicted octanol–water partition coefficient (Wildman–Crippen LogP) is 7.32. The van der Waals surface area contributed by atoms with E-state index < -0.39 is 0 Å². The Balaban J connectivity index is 1.46. The Bertz CT molecular complexity index is 1230. The molecular weight excluding hydrogens is 475 g/mol. The van der Waals surface area contributed by atoms with Gasteiger partial charge < -0.3 is 4.90 Å². The number of rotatable bonds is 8. The first kappa shape index (κ1) is 23.8. The van der Waals surface area contributed by atoms with Gasteiger partial charge in [-0.1, -0.05) is 31.5 Å². The zero-order valence-electron chi connectivity index (χ0n) is 19.1. The van der Waals surface area contributed by atoms with Crippen LogP contribution in [0.15, 0.2) is 41.9 Å². The van der Waals surface area contributed by atoms with Crippen LogP contribution >= 0.6 is 34.3 Å². The average Bonchev–Trinajstić information content (AvgIpc) is 3.34. The maximum Gasteiger partial charge on any atom is 0.147 e. The first-order valence-corrected chi connectivity index (χ1v) is 12.9. The molecule has 3 aromatic heterocycles. The van der Waals surface area contributed by atoms with Crippen molar-refractivity contribution < 1.29 is 4.39 Å². The van der Waals surface area contributed by atoms with Gasteiger partial charge in [-0.05, 0) is 49.6 Å². The Labute approximate surface area is 207 Å². The molecule has 172 valence electrons. The molecule has 33 heavy (non-hydrogen) atoms. The van der Waals surface area contributed by atoms with E-state index in [-0.39, 0.29) is 5.82 Å². The van der Waals surface area contributed by atoms with Crippen molar-refractivity contribution >= 4 is 40.0 Å². The number of aryl methyl sites for hydroxylation is 2. The third-order valence-corrected chi connectivity index (χ3v) is 7.29. The Morgan fingerprint density at radius 1 is 1.12 bits per heavy atom. The zero-order chi connectivity index (χ0) is 23.5. The van der Waals surface area contributed by atoms with Crippen molar-refractivity contribution in [2.45, 2.75) is 40.7 Å². The standard InChI is InChI=1S/C25H26ClFN4S2/c1-15(2)12-31(23-8-6-19(26)9-21(23)27)13-18-5-7-20(28-11-18)10-24-30-22(14-32-24)25-16(3)29-17(4)33-25/h5-9,11,14-15H,10,12-13H2,1-4H3. The summed E-state index contributed by atoms with van der Waals surface area (Å²) >= 11 is 9.26. The van der Waals surface area contributed by atoms with Gasteiger partial charge in [0.1, 0.15) is 5.82 Å². The molecular formula is C25H26ClFN4S2. The van der Waals surface area contributed by atoms with Gasteiger partial charge in [-0.15, -0.1) is 22.7 Å². The lowest BCUT2D eigenvalue weighted by Crippen LogP contribution is -2.28. The number of pyridine rings is 1. The molecule has 0 bridgehead atoms. The van der Waals surface area contributed by atoms with Crippen molar-refractivity contribution in [2.24, 2.45) is 5.92 Å². The van der Waals surface area contributed by atoms with E-state index in [1.54, 1.807) is 34.8 Å². The summed E-state index contributed by atoms with van der Waals surface area (Å²) in [6.45, 7) is 9.60. The van der Waals surface area contributed by atoms with Crippen LogP contribution in [0.5, 0.6) is 0 Å². The smallest absolute Gasteiger partial charge is 0.147 e. The molecule has 0 radical (unpaired) electrons. The van der Waals surface area contributed by atoms with Crippen LogP contribution in [0.25, 0.3) is 10.6 Å². The molecule has 0 amide bonds. The highest BCUT2D eigenvalue weighted by molar-refractivity contribution is 7.16. The quantitative estimate of drug-likeness (QED) is 0.254. The Morgan fingerprint density at radius 2 is 1.94 bits per heavy atom. The van der Waals surface area contributed by atoms with Crippen molar-refractivity contribution in [3.8, 4) is 10.6 Å². The molecule has 4 aromatic rings. The second kappa shape index (κ2) is 10.3. The van der Waals surface area contributed by atoms with Gasteiger partial charge in [0.25, 0.3) is 0 Å². The van der Waals surface area contributed by atoms with E-state index in [1.807, 2.05) is 31.0 Å². The molecule has 0 saturated carbocycles. The highest BCUT2D eigenvalue weighted by Crippen LogP contribution is 2.31. The van der Waals surface area contributed by atoms with E-state index in [0.717, 1.165) is 44.1 Å². The highest BCUT2D eigenvalue weighted by Gasteiger charge is 2.15. The average molecular weight is 501 g/mol. The van der Waals surface area contributed by atoms with Crippen molar-refractivity contribution in [1.82, 2.24) is 15.0 Å². The van der Waals surface area contributed by atoms with Crippen molar-refractivity contribution in [3.05, 3.63) is 79.7 Å². The lowest BCUT2D eigenvalue weighted by molar-refractivity contribution is 0.579. The minimum Gasteiger partial charge on any atom is -0.365 e. The summed E-state index contributed by atoms with van der Waals surface area (Å²) < 4.78 is 14.6. The molecule has 3 heterocycles. The van der Waals surface area contributed by atoms with Crippen LogP contribution in [-0.4, -0.2) is 21.5 Å². The molecule has 0 fully saturated rings. The van der Waals surface area contributed by atoms with Crippen LogP contribution in [0.3, 0.4) is 0 Å². The molecule has 0 spiro atoms. The van der Waals surface area contributed by atoms with E-state index in [0.29, 0.717) is 29.6 Å². The van der Waals surface area contributed by atoms with Crippen LogP contribution in [-0.2, 0) is 13.0 Å². The molecule has 0 N–H and O–H groups in total. The van der Waals surface area contributed by atoms with E-state index in [9.17, 15) is 4.39 Å². The lowest BCUT2D eigenvalue weighted by atomic mass is 10.1. The lowest BCUT2D eigenvalue weighted by Gasteiger charge is -2.27. The molecule has 0 aliphatic carbocycles. The number of nitrogens with zero attached hydrogens (tertiary/aromatic N) is 4. The van der Waals surface area contributed by atoms with Crippen LogP contribution in [0.2, 0.25) is 5.02 Å². The second-order valence-electron chi connectivity index (χ2n) is 8.48. The van der Waals surface area contributed by atoms with E-state index >= 15 is 0 Å². The van der Waals surface area contributed by atoms with Crippen LogP contribution in [0, 0.1) is 25.6 Å². The van der Waals surface area contributed by atoms with Gasteiger partial charge in [0.15, 0.2) is 0 Å². The fourth-order valence-corrected chi connectivity index (χ4v) is 5.63. The minimum atomic E-state index is -0.307. The summed E-state index contributed by atoms with van der Waals surface area (Å²) in [5, 5.41) is 4.58. The molecule has 8 heteroatoms. The topological polar surface area (TPSA) is 41.9 Å². The van der Waals surface area contributed by atoms with E-state index in [1.165, 1.54) is 6.07 Å². The third kappa shape index (κ3) is 5.96. The van der Waals surface area contributed by atoms with Crippen LogP contribution < -0.4 is 4.90 Å². The number of hydrogen-bond acceptors (Lipinski definition) is 6. The van der Waals surface area contributed by atoms with Gasteiger partial charge in [-0.3, -0.25) is 4.98 Å². The number of anilines is 1. The summed E-state index contributed by atoms with van der Waals surface area (Å²) in [6, 6.07) is 8.93. The first-order chi connectivity index (χ1) is 15.8. The summed E-state index contributed by atoms with van der Waals surface area (Å²) in [6.07, 6.45) is 2.56. The maximum absolute atomic E-state index is 14.6. The molecule has 0 saturated heterocycles. The highest BCUT2D eigenvalue weighted by atomic mass is 35.5. The zero-order valence-corrected chi connectivity index (χ0v) is 21.5. The number of aromatic nitrogens is 3. The number of hydrogen-bond donors (Lipinski definition) is 0. The molecule has 1 aromatic carbocycles. The molecule has 0 aliphatic heterocycles. The molecule has 0 atom stereocenters. The van der Waals surface area contributed by atoms with Gasteiger partial charge in [0.2, 0.25) is 0 Å². The van der Waals surface area contributed by atoms with Gasteiger partial charge >= 0.3 is 0 Å². The number of halogens is 2. The first-order valence-electron chi connectivity index (χ1n) is 10.8. The predicted molar refractivity (Wildman–Crippen MR) is 137 cm³/mol. The fourth-order valence-electron chi connectivity index (χ4n) is 3.72. The van der Waals surface area contributed by atoms with Crippen LogP contribution in [0.4, 0.5) is 10.1 Å². The summed E-state index contributed by atoms with van der Waals surface area (Å²) in [5.74, 6) is 0.0797. The summed E-state index contributed by atoms with van der Waals surface area (Å²) in [4.78, 5) is 17.1. The van der Waals surface area contributed by atoms with Crippen LogP contribution in [0.1, 0.15) is 40.8 Å². The summed E-state index contributed by atoms with van der Waals surface area (Å²) in [5.41, 5.74) is 4.57. The normalized spacial score (nSPS) is 11.4. The van der Waals surface area contributed by atoms with Crippen molar-refractivity contribution in [1.29, 1.82) is 0 Å². The monoisotopic (exact) mass is 500 g/mol. The van der Waals surface area contributed by atoms with Crippen molar-refractivity contribution in [3.63, 3.8) is 0 Å². The van der Waals surface area contributed by atoms with Gasteiger partial charge in [0, 0.05) is 41.8 Å². The maximum atomic E-state index is 14.6. The van der Waals surface area contributed by atoms with Crippen molar-refractivity contribution in [2.75, 3.05) is 11.4 Å². The largest absolute Gasteiger partial charge is 0.365 e. The third-order valence-electron chi connectivity index (χ3n) is 5.12. The number of thiazole rings is 2. The van der Waals surface area contributed by atoms with Gasteiger partial charge in [-0.25, -0.2) is 14.4 Å². The molecule has 0 aliphatic rings.